The van der Waals surface area contributed by atoms with E-state index in [9.17, 15) is 19.5 Å². The zero-order valence-corrected chi connectivity index (χ0v) is 15.5. The number of carboxylic acid groups (broad SMARTS) is 1. The van der Waals surface area contributed by atoms with E-state index < -0.39 is 16.9 Å². The monoisotopic (exact) mass is 377 g/mol. The normalized spacial score (nSPS) is 28.1. The molecular formula is C19H23NO5S. The molecule has 6 nitrogen and oxygen atoms in total. The lowest BCUT2D eigenvalue weighted by atomic mass is 9.84. The van der Waals surface area contributed by atoms with Crippen molar-refractivity contribution in [1.82, 2.24) is 4.90 Å². The summed E-state index contributed by atoms with van der Waals surface area (Å²) in [7, 11) is 0. The number of ether oxygens (including phenoxy) is 1. The molecule has 1 aliphatic carbocycles. The van der Waals surface area contributed by atoms with Crippen molar-refractivity contribution in [2.24, 2.45) is 5.92 Å². The Morgan fingerprint density at radius 3 is 2.46 bits per heavy atom. The molecule has 1 amide bonds. The molecule has 2 aliphatic rings. The summed E-state index contributed by atoms with van der Waals surface area (Å²) in [6.45, 7) is 2.14. The number of aliphatic carboxylic acids is 1. The molecule has 1 saturated carbocycles. The molecule has 1 atom stereocenters. The summed E-state index contributed by atoms with van der Waals surface area (Å²) in [5.41, 5.74) is 0.494. The molecule has 140 valence electrons. The number of hydrogen-bond donors (Lipinski definition) is 1. The highest BCUT2D eigenvalue weighted by molar-refractivity contribution is 8.01. The zero-order valence-electron chi connectivity index (χ0n) is 14.7. The number of carbonyl (C=O) groups is 3. The largest absolute Gasteiger partial charge is 0.480 e. The Bertz CT molecular complexity index is 684. The van der Waals surface area contributed by atoms with Crippen LogP contribution in [0, 0.1) is 5.92 Å². The first-order valence-electron chi connectivity index (χ1n) is 8.90. The first-order valence-corrected chi connectivity index (χ1v) is 9.89. The van der Waals surface area contributed by atoms with Crippen LogP contribution in [0.25, 0.3) is 0 Å². The van der Waals surface area contributed by atoms with Gasteiger partial charge in [0, 0.05) is 11.3 Å². The highest BCUT2D eigenvalue weighted by Crippen LogP contribution is 2.50. The standard InChI is InChI=1S/C19H23NO5S/c1-2-25-18(24)14-8-10-19(11-9-14)20(15(12-26-19)17(22)23)16(21)13-6-4-3-5-7-13/h3-7,14-15H,2,8-12H2,1H3,(H,22,23). The van der Waals surface area contributed by atoms with Crippen LogP contribution in [-0.2, 0) is 14.3 Å². The lowest BCUT2D eigenvalue weighted by Crippen LogP contribution is -2.54. The Labute approximate surface area is 156 Å². The molecule has 1 N–H and O–H groups in total. The Morgan fingerprint density at radius 2 is 1.88 bits per heavy atom. The van der Waals surface area contributed by atoms with Crippen molar-refractivity contribution >= 4 is 29.6 Å². The van der Waals surface area contributed by atoms with E-state index >= 15 is 0 Å². The van der Waals surface area contributed by atoms with E-state index in [-0.39, 0.29) is 17.8 Å². The van der Waals surface area contributed by atoms with Crippen LogP contribution in [0.2, 0.25) is 0 Å². The minimum absolute atomic E-state index is 0.168. The van der Waals surface area contributed by atoms with Crippen LogP contribution in [0.1, 0.15) is 43.0 Å². The minimum Gasteiger partial charge on any atom is -0.480 e. The van der Waals surface area contributed by atoms with Gasteiger partial charge in [-0.3, -0.25) is 9.59 Å². The third-order valence-electron chi connectivity index (χ3n) is 5.17. The van der Waals surface area contributed by atoms with Crippen molar-refractivity contribution in [3.05, 3.63) is 35.9 Å². The molecule has 1 aliphatic heterocycles. The number of nitrogens with zero attached hydrogens (tertiary/aromatic N) is 1. The van der Waals surface area contributed by atoms with E-state index in [2.05, 4.69) is 0 Å². The lowest BCUT2D eigenvalue weighted by Gasteiger charge is -2.43. The number of carboxylic acids is 1. The van der Waals surface area contributed by atoms with E-state index in [1.807, 2.05) is 6.07 Å². The third-order valence-corrected chi connectivity index (χ3v) is 6.80. The van der Waals surface area contributed by atoms with Crippen LogP contribution in [0.3, 0.4) is 0 Å². The number of benzene rings is 1. The average Bonchev–Trinajstić information content (AvgIpc) is 3.01. The first kappa shape index (κ1) is 18.8. The van der Waals surface area contributed by atoms with Gasteiger partial charge in [0.2, 0.25) is 0 Å². The van der Waals surface area contributed by atoms with E-state index in [0.717, 1.165) is 0 Å². The Hall–Kier alpha value is -2.02. The average molecular weight is 377 g/mol. The van der Waals surface area contributed by atoms with Gasteiger partial charge in [0.1, 0.15) is 6.04 Å². The maximum absolute atomic E-state index is 13.1. The lowest BCUT2D eigenvalue weighted by molar-refractivity contribution is -0.150. The summed E-state index contributed by atoms with van der Waals surface area (Å²) in [6, 6.07) is 7.95. The molecule has 1 aromatic carbocycles. The topological polar surface area (TPSA) is 83.9 Å². The van der Waals surface area contributed by atoms with Gasteiger partial charge >= 0.3 is 11.9 Å². The molecule has 0 bridgehead atoms. The number of carbonyl (C=O) groups excluding carboxylic acids is 2. The van der Waals surface area contributed by atoms with E-state index in [4.69, 9.17) is 4.74 Å². The van der Waals surface area contributed by atoms with Crippen LogP contribution in [0.5, 0.6) is 0 Å². The summed E-state index contributed by atoms with van der Waals surface area (Å²) in [4.78, 5) is 37.9. The third kappa shape index (κ3) is 3.45. The molecule has 1 heterocycles. The zero-order chi connectivity index (χ0) is 18.7. The van der Waals surface area contributed by atoms with Gasteiger partial charge in [0.15, 0.2) is 0 Å². The smallest absolute Gasteiger partial charge is 0.327 e. The highest BCUT2D eigenvalue weighted by Gasteiger charge is 2.54. The first-order chi connectivity index (χ1) is 12.5. The van der Waals surface area contributed by atoms with Crippen molar-refractivity contribution < 1.29 is 24.2 Å². The number of amides is 1. The molecular weight excluding hydrogens is 354 g/mol. The Kier molecular flexibility index (Phi) is 5.55. The van der Waals surface area contributed by atoms with Gasteiger partial charge in [-0.2, -0.15) is 0 Å². The van der Waals surface area contributed by atoms with Gasteiger partial charge in [0.25, 0.3) is 5.91 Å². The molecule has 1 saturated heterocycles. The molecule has 0 aromatic heterocycles. The molecule has 0 radical (unpaired) electrons. The second-order valence-corrected chi connectivity index (χ2v) is 8.06. The van der Waals surface area contributed by atoms with Crippen molar-refractivity contribution in [2.45, 2.75) is 43.5 Å². The van der Waals surface area contributed by atoms with Gasteiger partial charge in [-0.1, -0.05) is 18.2 Å². The SMILES string of the molecule is CCOC(=O)C1CCC2(CC1)SCC(C(=O)O)N2C(=O)c1ccccc1. The minimum atomic E-state index is -0.980. The Morgan fingerprint density at radius 1 is 1.23 bits per heavy atom. The second-order valence-electron chi connectivity index (χ2n) is 6.68. The maximum Gasteiger partial charge on any atom is 0.327 e. The Balaban J connectivity index is 1.83. The summed E-state index contributed by atoms with van der Waals surface area (Å²) < 4.78 is 5.11. The second kappa shape index (κ2) is 7.70. The molecule has 1 unspecified atom stereocenters. The van der Waals surface area contributed by atoms with Gasteiger partial charge in [-0.05, 0) is 44.7 Å². The number of esters is 1. The van der Waals surface area contributed by atoms with E-state index in [1.54, 1.807) is 36.1 Å². The highest BCUT2D eigenvalue weighted by atomic mass is 32.2. The fourth-order valence-corrected chi connectivity index (χ4v) is 5.47. The van der Waals surface area contributed by atoms with Gasteiger partial charge in [-0.25, -0.2) is 4.79 Å². The summed E-state index contributed by atoms with van der Waals surface area (Å²) in [5, 5.41) is 9.62. The van der Waals surface area contributed by atoms with Crippen molar-refractivity contribution in [2.75, 3.05) is 12.4 Å². The van der Waals surface area contributed by atoms with Gasteiger partial charge in [0.05, 0.1) is 17.4 Å². The molecule has 3 rings (SSSR count). The summed E-state index contributed by atoms with van der Waals surface area (Å²) in [5.74, 6) is -1.22. The van der Waals surface area contributed by atoms with Crippen LogP contribution < -0.4 is 0 Å². The fourth-order valence-electron chi connectivity index (χ4n) is 3.84. The van der Waals surface area contributed by atoms with Crippen molar-refractivity contribution in [1.29, 1.82) is 0 Å². The molecule has 7 heteroatoms. The van der Waals surface area contributed by atoms with Crippen LogP contribution in [0.4, 0.5) is 0 Å². The maximum atomic E-state index is 13.1. The van der Waals surface area contributed by atoms with E-state index in [0.29, 0.717) is 43.6 Å². The molecule has 1 spiro atoms. The number of thioether (sulfide) groups is 1. The summed E-state index contributed by atoms with van der Waals surface area (Å²) in [6.07, 6.45) is 2.42. The number of rotatable bonds is 4. The molecule has 1 aromatic rings. The predicted molar refractivity (Wildman–Crippen MR) is 97.8 cm³/mol. The van der Waals surface area contributed by atoms with E-state index in [1.165, 1.54) is 11.8 Å². The van der Waals surface area contributed by atoms with Crippen LogP contribution in [-0.4, -0.2) is 51.1 Å². The summed E-state index contributed by atoms with van der Waals surface area (Å²) >= 11 is 1.53. The molecule has 2 fully saturated rings. The molecule has 26 heavy (non-hydrogen) atoms. The van der Waals surface area contributed by atoms with Crippen molar-refractivity contribution in [3.8, 4) is 0 Å². The quantitative estimate of drug-likeness (QED) is 0.813. The van der Waals surface area contributed by atoms with Gasteiger partial charge in [-0.15, -0.1) is 11.8 Å². The van der Waals surface area contributed by atoms with Crippen molar-refractivity contribution in [3.63, 3.8) is 0 Å². The number of hydrogen-bond acceptors (Lipinski definition) is 5. The van der Waals surface area contributed by atoms with Crippen LogP contribution in [0.15, 0.2) is 30.3 Å². The van der Waals surface area contributed by atoms with Gasteiger partial charge < -0.3 is 14.7 Å². The predicted octanol–water partition coefficient (Wildman–Crippen LogP) is 2.78. The fraction of sp³-hybridized carbons (Fsp3) is 0.526. The van der Waals surface area contributed by atoms with Crippen LogP contribution >= 0.6 is 11.8 Å².